The Hall–Kier alpha value is 0.316. The molecule has 0 aromatic heterocycles. The predicted octanol–water partition coefficient (Wildman–Crippen LogP) is 6.09. The van der Waals surface area contributed by atoms with Gasteiger partial charge in [-0.3, -0.25) is 0 Å². The van der Waals surface area contributed by atoms with E-state index in [-0.39, 0.29) is 57.0 Å². The third-order valence-corrected chi connectivity index (χ3v) is 4.87. The maximum atomic E-state index is 10.9. The quantitative estimate of drug-likeness (QED) is 0.154. The first kappa shape index (κ1) is 29.5. The van der Waals surface area contributed by atoms with E-state index in [4.69, 9.17) is 10.2 Å². The summed E-state index contributed by atoms with van der Waals surface area (Å²) in [5, 5.41) is 17.5. The van der Waals surface area contributed by atoms with Crippen molar-refractivity contribution in [3.63, 3.8) is 0 Å². The van der Waals surface area contributed by atoms with Crippen LogP contribution in [0.25, 0.3) is 0 Å². The molecule has 27 heavy (non-hydrogen) atoms. The van der Waals surface area contributed by atoms with Crippen LogP contribution in [0.2, 0.25) is 0 Å². The number of carboxylic acid groups (broad SMARTS) is 2. The van der Waals surface area contributed by atoms with Crippen LogP contribution in [0.4, 0.5) is 0 Å². The van der Waals surface area contributed by atoms with Gasteiger partial charge in [0.05, 0.1) is 0 Å². The Bertz CT molecular complexity index is 394. The van der Waals surface area contributed by atoms with Crippen LogP contribution in [-0.4, -0.2) is 73.5 Å². The van der Waals surface area contributed by atoms with E-state index in [2.05, 4.69) is 6.92 Å². The normalized spacial score (nSPS) is 11.2. The summed E-state index contributed by atoms with van der Waals surface area (Å²) in [4.78, 5) is 21.4. The molecule has 4 nitrogen and oxygen atoms in total. The van der Waals surface area contributed by atoms with Gasteiger partial charge in [0.25, 0.3) is 0 Å². The van der Waals surface area contributed by atoms with Gasteiger partial charge in [0.2, 0.25) is 0 Å². The van der Waals surface area contributed by atoms with Crippen molar-refractivity contribution in [1.29, 1.82) is 0 Å². The van der Waals surface area contributed by atoms with Crippen LogP contribution >= 0.6 is 0 Å². The van der Waals surface area contributed by atoms with Crippen molar-refractivity contribution in [2.24, 2.45) is 0 Å². The Balaban J connectivity index is 0. The molecule has 2 N–H and O–H groups in total. The molecule has 0 radical (unpaired) electrons. The Kier molecular flexibility index (Phi) is 24.7. The van der Waals surface area contributed by atoms with Crippen molar-refractivity contribution >= 4 is 63.3 Å². The summed E-state index contributed by atoms with van der Waals surface area (Å²) in [6.45, 7) is 2.26. The van der Waals surface area contributed by atoms with Crippen LogP contribution in [-0.2, 0) is 9.59 Å². The van der Waals surface area contributed by atoms with Crippen LogP contribution < -0.4 is 0 Å². The molecule has 0 saturated heterocycles. The third kappa shape index (κ3) is 22.5. The Morgan fingerprint density at radius 1 is 0.630 bits per heavy atom. The number of aliphatic carboxylic acids is 2. The first-order chi connectivity index (χ1) is 12.6. The Morgan fingerprint density at radius 2 is 0.963 bits per heavy atom. The molecule has 0 heterocycles. The van der Waals surface area contributed by atoms with Gasteiger partial charge in [-0.2, -0.15) is 0 Å². The van der Waals surface area contributed by atoms with Gasteiger partial charge in [0.1, 0.15) is 0 Å². The van der Waals surface area contributed by atoms with E-state index >= 15 is 0 Å². The van der Waals surface area contributed by atoms with Gasteiger partial charge >= 0.3 is 63.3 Å². The topological polar surface area (TPSA) is 74.6 Å². The number of unbranched alkanes of at least 4 members (excludes halogenated alkanes) is 15. The van der Waals surface area contributed by atoms with Crippen LogP contribution in [0.1, 0.15) is 116 Å². The predicted molar refractivity (Wildman–Crippen MR) is 115 cm³/mol. The van der Waals surface area contributed by atoms with Crippen LogP contribution in [0.15, 0.2) is 11.6 Å². The summed E-state index contributed by atoms with van der Waals surface area (Å²) in [5.41, 5.74) is 0.00265. The van der Waals surface area contributed by atoms with Crippen molar-refractivity contribution in [3.05, 3.63) is 11.6 Å². The second-order valence-corrected chi connectivity index (χ2v) is 7.37. The van der Waals surface area contributed by atoms with E-state index in [1.165, 1.54) is 83.5 Å². The molecular weight excluding hydrogens is 367 g/mol. The fourth-order valence-electron chi connectivity index (χ4n) is 3.25. The summed E-state index contributed by atoms with van der Waals surface area (Å²) < 4.78 is 0. The number of carbonyl (C=O) groups is 2. The van der Waals surface area contributed by atoms with Crippen molar-refractivity contribution < 1.29 is 19.8 Å². The van der Waals surface area contributed by atoms with E-state index < -0.39 is 11.9 Å². The first-order valence-corrected chi connectivity index (χ1v) is 10.7. The molecule has 0 aliphatic carbocycles. The van der Waals surface area contributed by atoms with Gasteiger partial charge in [0, 0.05) is 11.6 Å². The molecule has 0 bridgehead atoms. The van der Waals surface area contributed by atoms with Gasteiger partial charge < -0.3 is 10.2 Å². The summed E-state index contributed by atoms with van der Waals surface area (Å²) in [5.74, 6) is -2.30. The van der Waals surface area contributed by atoms with Crippen molar-refractivity contribution in [2.75, 3.05) is 0 Å². The van der Waals surface area contributed by atoms with E-state index in [9.17, 15) is 9.59 Å². The average Bonchev–Trinajstić information content (AvgIpc) is 2.59. The summed E-state index contributed by atoms with van der Waals surface area (Å²) >= 11 is 0. The zero-order valence-corrected chi connectivity index (χ0v) is 16.8. The first-order valence-electron chi connectivity index (χ1n) is 10.7. The number of rotatable bonds is 19. The van der Waals surface area contributed by atoms with Crippen molar-refractivity contribution in [2.45, 2.75) is 116 Å². The molecule has 0 aliphatic rings. The summed E-state index contributed by atoms with van der Waals surface area (Å²) in [6, 6.07) is 0. The molecule has 0 fully saturated rings. The minimum absolute atomic E-state index is 0. The van der Waals surface area contributed by atoms with Crippen LogP contribution in [0.3, 0.4) is 0 Å². The standard InChI is InChI=1S/C22H40O4.K.H/c1-2-3-4-5-6-7-8-9-10-11-12-13-14-15-16-17-18-20(22(25)26)19-21(23)24;;/h19H,2-18H2,1H3,(H,23,24)(H,25,26);;/b20-19+;;. The Morgan fingerprint density at radius 3 is 1.26 bits per heavy atom. The van der Waals surface area contributed by atoms with E-state index in [1.807, 2.05) is 0 Å². The van der Waals surface area contributed by atoms with Crippen LogP contribution in [0, 0.1) is 0 Å². The van der Waals surface area contributed by atoms with Crippen molar-refractivity contribution in [3.8, 4) is 0 Å². The average molecular weight is 409 g/mol. The zero-order valence-electron chi connectivity index (χ0n) is 16.8. The molecule has 0 aliphatic heterocycles. The van der Waals surface area contributed by atoms with E-state index in [0.29, 0.717) is 6.42 Å². The van der Waals surface area contributed by atoms with Gasteiger partial charge in [-0.05, 0) is 12.8 Å². The number of hydrogen-bond acceptors (Lipinski definition) is 2. The van der Waals surface area contributed by atoms with Crippen LogP contribution in [0.5, 0.6) is 0 Å². The van der Waals surface area contributed by atoms with Crippen molar-refractivity contribution in [1.82, 2.24) is 0 Å². The number of hydrogen-bond donors (Lipinski definition) is 2. The summed E-state index contributed by atoms with van der Waals surface area (Å²) in [6.07, 6.45) is 21.6. The zero-order chi connectivity index (χ0) is 19.5. The second kappa shape index (κ2) is 22.6. The SMILES string of the molecule is CCCCCCCCCCCCCCCCCC/C(=C\C(=O)O)C(=O)O.[KH]. The molecule has 0 unspecified atom stereocenters. The second-order valence-electron chi connectivity index (χ2n) is 7.37. The minimum atomic E-state index is -1.18. The fourth-order valence-corrected chi connectivity index (χ4v) is 3.25. The summed E-state index contributed by atoms with van der Waals surface area (Å²) in [7, 11) is 0. The van der Waals surface area contributed by atoms with E-state index in [0.717, 1.165) is 25.3 Å². The molecule has 0 amide bonds. The molecular formula is C22H41KO4. The molecule has 0 aromatic rings. The third-order valence-electron chi connectivity index (χ3n) is 4.87. The Labute approximate surface area is 209 Å². The molecule has 154 valence electrons. The molecule has 0 atom stereocenters. The molecule has 0 spiro atoms. The van der Waals surface area contributed by atoms with Gasteiger partial charge in [-0.1, -0.05) is 103 Å². The van der Waals surface area contributed by atoms with Gasteiger partial charge in [-0.15, -0.1) is 0 Å². The number of carboxylic acids is 2. The molecule has 0 rings (SSSR count). The molecule has 5 heteroatoms. The fraction of sp³-hybridized carbons (Fsp3) is 0.818. The molecule has 0 saturated carbocycles. The van der Waals surface area contributed by atoms with Gasteiger partial charge in [-0.25, -0.2) is 9.59 Å². The van der Waals surface area contributed by atoms with Gasteiger partial charge in [0.15, 0.2) is 0 Å². The monoisotopic (exact) mass is 408 g/mol. The van der Waals surface area contributed by atoms with E-state index in [1.54, 1.807) is 0 Å². The maximum absolute atomic E-state index is 10.9. The molecule has 0 aromatic carbocycles.